The van der Waals surface area contributed by atoms with Gasteiger partial charge in [-0.1, -0.05) is 42.5 Å². The van der Waals surface area contributed by atoms with Crippen molar-refractivity contribution < 1.29 is 33.8 Å². The molecule has 2 heterocycles. The fourth-order valence-electron chi connectivity index (χ4n) is 5.14. The van der Waals surface area contributed by atoms with Crippen molar-refractivity contribution in [2.75, 3.05) is 20.8 Å². The minimum atomic E-state index is -1.27. The van der Waals surface area contributed by atoms with Crippen LogP contribution < -0.4 is 9.47 Å². The maximum atomic E-state index is 13.6. The van der Waals surface area contributed by atoms with Crippen LogP contribution in [0, 0.1) is 0 Å². The molecular weight excluding hydrogens is 502 g/mol. The van der Waals surface area contributed by atoms with Crippen molar-refractivity contribution in [1.82, 2.24) is 14.7 Å². The number of hydrogen-bond donors (Lipinski definition) is 1. The smallest absolute Gasteiger partial charge is 0.408 e. The number of rotatable bonds is 9. The van der Waals surface area contributed by atoms with Gasteiger partial charge in [-0.25, -0.2) is 4.79 Å². The molecule has 3 aromatic rings. The van der Waals surface area contributed by atoms with Gasteiger partial charge in [0.05, 0.1) is 37.9 Å². The summed E-state index contributed by atoms with van der Waals surface area (Å²) in [4.78, 5) is 55.9. The molecule has 0 unspecified atom stereocenters. The zero-order valence-electron chi connectivity index (χ0n) is 21.4. The second kappa shape index (κ2) is 10.5. The molecule has 0 aliphatic carbocycles. The molecule has 39 heavy (non-hydrogen) atoms. The maximum absolute atomic E-state index is 13.6. The Bertz CT molecular complexity index is 1410. The fourth-order valence-corrected chi connectivity index (χ4v) is 5.14. The predicted molar refractivity (Wildman–Crippen MR) is 139 cm³/mol. The normalized spacial score (nSPS) is 18.1. The van der Waals surface area contributed by atoms with Crippen LogP contribution in [-0.2, 0) is 17.9 Å². The van der Waals surface area contributed by atoms with E-state index in [0.717, 1.165) is 9.80 Å². The molecule has 4 amide bonds. The largest absolute Gasteiger partial charge is 0.497 e. The van der Waals surface area contributed by atoms with Gasteiger partial charge in [-0.15, -0.1) is 0 Å². The number of imide groups is 1. The Morgan fingerprint density at radius 1 is 0.897 bits per heavy atom. The monoisotopic (exact) mass is 529 g/mol. The molecule has 2 aliphatic rings. The highest BCUT2D eigenvalue weighted by Crippen LogP contribution is 2.34. The first-order valence-corrected chi connectivity index (χ1v) is 12.3. The van der Waals surface area contributed by atoms with Crippen LogP contribution in [-0.4, -0.2) is 76.5 Å². The molecule has 200 valence electrons. The molecule has 0 saturated carbocycles. The average molecular weight is 530 g/mol. The Hall–Kier alpha value is -4.86. The highest BCUT2D eigenvalue weighted by Gasteiger charge is 2.54. The lowest BCUT2D eigenvalue weighted by atomic mass is 9.91. The number of carboxylic acid groups (broad SMARTS) is 1. The Kier molecular flexibility index (Phi) is 6.93. The van der Waals surface area contributed by atoms with Crippen LogP contribution in [0.5, 0.6) is 11.5 Å². The van der Waals surface area contributed by atoms with E-state index in [1.54, 1.807) is 66.7 Å². The molecule has 1 saturated heterocycles. The standard InChI is InChI=1S/C29H27N3O7/c1-38-20-13-12-19(24(14-20)39-2)16-30-23(17-32-26(33)21-10-6-7-11-22(21)27(32)34)25(28(30)35)31(29(36)37)15-18-8-4-3-5-9-18/h3-14,23,25H,15-17H2,1-2H3,(H,36,37)/t23-,25-/m0/s1. The second-order valence-electron chi connectivity index (χ2n) is 9.32. The van der Waals surface area contributed by atoms with Gasteiger partial charge in [0.15, 0.2) is 0 Å². The molecule has 10 nitrogen and oxygen atoms in total. The van der Waals surface area contributed by atoms with Crippen molar-refractivity contribution in [3.8, 4) is 11.5 Å². The van der Waals surface area contributed by atoms with Gasteiger partial charge >= 0.3 is 6.09 Å². The van der Waals surface area contributed by atoms with Crippen molar-refractivity contribution in [1.29, 1.82) is 0 Å². The first-order valence-electron chi connectivity index (χ1n) is 12.3. The maximum Gasteiger partial charge on any atom is 0.408 e. The van der Waals surface area contributed by atoms with Gasteiger partial charge in [0.1, 0.15) is 17.5 Å². The summed E-state index contributed by atoms with van der Waals surface area (Å²) in [5.74, 6) is -0.301. The summed E-state index contributed by atoms with van der Waals surface area (Å²) in [7, 11) is 3.03. The van der Waals surface area contributed by atoms with E-state index in [1.807, 2.05) is 6.07 Å². The summed E-state index contributed by atoms with van der Waals surface area (Å²) in [5.41, 5.74) is 1.95. The Labute approximate surface area is 224 Å². The molecule has 3 aromatic carbocycles. The number of fused-ring (bicyclic) bond motifs is 1. The molecule has 1 fully saturated rings. The molecule has 0 radical (unpaired) electrons. The highest BCUT2D eigenvalue weighted by molar-refractivity contribution is 6.21. The number of hydrogen-bond acceptors (Lipinski definition) is 6. The molecule has 5 rings (SSSR count). The Morgan fingerprint density at radius 2 is 1.54 bits per heavy atom. The van der Waals surface area contributed by atoms with Gasteiger partial charge in [-0.2, -0.15) is 0 Å². The van der Waals surface area contributed by atoms with E-state index >= 15 is 0 Å². The van der Waals surface area contributed by atoms with E-state index in [9.17, 15) is 24.3 Å². The lowest BCUT2D eigenvalue weighted by molar-refractivity contribution is -0.160. The first kappa shape index (κ1) is 25.8. The number of carbonyl (C=O) groups is 4. The van der Waals surface area contributed by atoms with Crippen LogP contribution in [0.15, 0.2) is 72.8 Å². The SMILES string of the molecule is COc1ccc(CN2C(=O)[C@@H](N(Cc3ccccc3)C(=O)O)[C@@H]2CN2C(=O)c3ccccc3C2=O)c(OC)c1. The second-order valence-corrected chi connectivity index (χ2v) is 9.32. The number of likely N-dealkylation sites (tertiary alicyclic amines) is 1. The molecule has 10 heteroatoms. The summed E-state index contributed by atoms with van der Waals surface area (Å²) in [6.07, 6.45) is -1.27. The van der Waals surface area contributed by atoms with Gasteiger partial charge in [0.2, 0.25) is 5.91 Å². The van der Waals surface area contributed by atoms with Crippen molar-refractivity contribution in [2.45, 2.75) is 25.2 Å². The van der Waals surface area contributed by atoms with Gasteiger partial charge in [0, 0.05) is 24.7 Å². The summed E-state index contributed by atoms with van der Waals surface area (Å²) in [6, 6.07) is 18.8. The summed E-state index contributed by atoms with van der Waals surface area (Å²) in [6.45, 7) is -0.0835. The third-order valence-electron chi connectivity index (χ3n) is 7.16. The van der Waals surface area contributed by atoms with E-state index in [0.29, 0.717) is 22.6 Å². The summed E-state index contributed by atoms with van der Waals surface area (Å²) < 4.78 is 10.7. The minimum Gasteiger partial charge on any atom is -0.497 e. The Balaban J connectivity index is 1.47. The lowest BCUT2D eigenvalue weighted by Crippen LogP contribution is -2.73. The molecule has 0 bridgehead atoms. The lowest BCUT2D eigenvalue weighted by Gasteiger charge is -2.51. The van der Waals surface area contributed by atoms with E-state index < -0.39 is 35.9 Å². The van der Waals surface area contributed by atoms with Gasteiger partial charge in [-0.05, 0) is 29.8 Å². The number of β-lactam (4-membered cyclic amide) rings is 1. The third kappa shape index (κ3) is 4.65. The number of carbonyl (C=O) groups excluding carboxylic acids is 3. The third-order valence-corrected chi connectivity index (χ3v) is 7.16. The van der Waals surface area contributed by atoms with Crippen LogP contribution in [0.25, 0.3) is 0 Å². The molecular formula is C29H27N3O7. The molecule has 2 atom stereocenters. The topological polar surface area (TPSA) is 117 Å². The number of nitrogens with zero attached hydrogens (tertiary/aromatic N) is 3. The number of ether oxygens (including phenoxy) is 2. The molecule has 2 aliphatic heterocycles. The quantitative estimate of drug-likeness (QED) is 0.334. The highest BCUT2D eigenvalue weighted by atomic mass is 16.5. The fraction of sp³-hybridized carbons (Fsp3) is 0.241. The van der Waals surface area contributed by atoms with E-state index in [1.165, 1.54) is 19.1 Å². The van der Waals surface area contributed by atoms with Crippen molar-refractivity contribution in [2.24, 2.45) is 0 Å². The van der Waals surface area contributed by atoms with E-state index in [2.05, 4.69) is 0 Å². The zero-order chi connectivity index (χ0) is 27.7. The Morgan fingerprint density at radius 3 is 2.13 bits per heavy atom. The number of benzene rings is 3. The van der Waals surface area contributed by atoms with Crippen molar-refractivity contribution in [3.05, 3.63) is 95.1 Å². The predicted octanol–water partition coefficient (Wildman–Crippen LogP) is 3.26. The van der Waals surface area contributed by atoms with Gasteiger partial charge in [0.25, 0.3) is 11.8 Å². The van der Waals surface area contributed by atoms with Crippen LogP contribution in [0.4, 0.5) is 4.79 Å². The van der Waals surface area contributed by atoms with Crippen LogP contribution >= 0.6 is 0 Å². The van der Waals surface area contributed by atoms with Crippen LogP contribution in [0.3, 0.4) is 0 Å². The summed E-state index contributed by atoms with van der Waals surface area (Å²) >= 11 is 0. The average Bonchev–Trinajstić information content (AvgIpc) is 3.20. The number of methoxy groups -OCH3 is 2. The van der Waals surface area contributed by atoms with Crippen molar-refractivity contribution >= 4 is 23.8 Å². The summed E-state index contributed by atoms with van der Waals surface area (Å²) in [5, 5.41) is 10.1. The van der Waals surface area contributed by atoms with E-state index in [4.69, 9.17) is 9.47 Å². The van der Waals surface area contributed by atoms with Crippen molar-refractivity contribution in [3.63, 3.8) is 0 Å². The van der Waals surface area contributed by atoms with Gasteiger partial charge in [-0.3, -0.25) is 24.2 Å². The first-order chi connectivity index (χ1) is 18.8. The van der Waals surface area contributed by atoms with E-state index in [-0.39, 0.29) is 30.8 Å². The molecule has 0 aromatic heterocycles. The van der Waals surface area contributed by atoms with Gasteiger partial charge < -0.3 is 19.5 Å². The molecule has 1 N–H and O–H groups in total. The zero-order valence-corrected chi connectivity index (χ0v) is 21.4. The van der Waals surface area contributed by atoms with Crippen LogP contribution in [0.2, 0.25) is 0 Å². The number of amides is 4. The van der Waals surface area contributed by atoms with Crippen LogP contribution in [0.1, 0.15) is 31.8 Å². The minimum absolute atomic E-state index is 0.0229. The molecule has 0 spiro atoms.